The second kappa shape index (κ2) is 11.6. The van der Waals surface area contributed by atoms with Crippen molar-refractivity contribution in [2.75, 3.05) is 0 Å². The van der Waals surface area contributed by atoms with Gasteiger partial charge in [0.1, 0.15) is 6.07 Å². The molecule has 3 rings (SSSR count). The summed E-state index contributed by atoms with van der Waals surface area (Å²) in [5.74, 6) is 1.04. The number of hydrogen-bond donors (Lipinski definition) is 0. The molecule has 6 heteroatoms. The van der Waals surface area contributed by atoms with Crippen molar-refractivity contribution >= 4 is 11.6 Å². The summed E-state index contributed by atoms with van der Waals surface area (Å²) in [5, 5.41) is 18.5. The largest absolute Gasteiger partial charge is 0.425 e. The second-order valence-electron chi connectivity index (χ2n) is 15.2. The van der Waals surface area contributed by atoms with Crippen molar-refractivity contribution < 1.29 is 14.0 Å². The quantitative estimate of drug-likeness (QED) is 0.250. The predicted molar refractivity (Wildman–Crippen MR) is 163 cm³/mol. The van der Waals surface area contributed by atoms with E-state index in [9.17, 15) is 14.9 Å². The molecule has 226 valence electrons. The average molecular weight is 564 g/mol. The van der Waals surface area contributed by atoms with Crippen LogP contribution in [-0.4, -0.2) is 21.8 Å². The standard InChI is InChI=1S/C35H53N3O3/c1-12-14-31(5,6)16-18-33(9,30-38-37-25(4)41-30)19-17-32(7,8)35(11)15-13-27-24(3)29(40)26(22-36)21-34(27,10)28(35)20-23(2)39/h20-21,24,27H,12-19H2,1-11H3/b28-20-/t24-,27-,33-,34-,35+/m0/s1. The lowest BCUT2D eigenvalue weighted by molar-refractivity contribution is -0.123. The van der Waals surface area contributed by atoms with Crippen LogP contribution in [0.4, 0.5) is 0 Å². The Kier molecular flexibility index (Phi) is 9.34. The van der Waals surface area contributed by atoms with Crippen LogP contribution in [0.15, 0.2) is 27.7 Å². The van der Waals surface area contributed by atoms with Gasteiger partial charge in [0.2, 0.25) is 11.8 Å². The van der Waals surface area contributed by atoms with Crippen molar-refractivity contribution in [1.29, 1.82) is 5.26 Å². The zero-order valence-corrected chi connectivity index (χ0v) is 27.5. The number of fused-ring (bicyclic) bond motifs is 1. The van der Waals surface area contributed by atoms with Crippen molar-refractivity contribution in [3.63, 3.8) is 0 Å². The van der Waals surface area contributed by atoms with Crippen LogP contribution in [0.2, 0.25) is 0 Å². The molecule has 1 aromatic rings. The maximum Gasteiger partial charge on any atom is 0.222 e. The van der Waals surface area contributed by atoms with E-state index in [0.29, 0.717) is 11.8 Å². The van der Waals surface area contributed by atoms with Gasteiger partial charge in [-0.2, -0.15) is 5.26 Å². The fourth-order valence-corrected chi connectivity index (χ4v) is 7.89. The van der Waals surface area contributed by atoms with Crippen LogP contribution in [-0.2, 0) is 15.0 Å². The second-order valence-corrected chi connectivity index (χ2v) is 15.2. The van der Waals surface area contributed by atoms with Gasteiger partial charge in [-0.3, -0.25) is 9.59 Å². The van der Waals surface area contributed by atoms with Gasteiger partial charge in [-0.25, -0.2) is 0 Å². The minimum absolute atomic E-state index is 0.00434. The lowest BCUT2D eigenvalue weighted by Gasteiger charge is -2.59. The summed E-state index contributed by atoms with van der Waals surface area (Å²) in [5.41, 5.74) is 0.205. The summed E-state index contributed by atoms with van der Waals surface area (Å²) in [6.45, 7) is 23.7. The van der Waals surface area contributed by atoms with E-state index in [1.807, 2.05) is 26.0 Å². The van der Waals surface area contributed by atoms with Gasteiger partial charge in [-0.1, -0.05) is 80.4 Å². The van der Waals surface area contributed by atoms with E-state index in [0.717, 1.165) is 50.5 Å². The number of aromatic nitrogens is 2. The molecule has 2 aliphatic carbocycles. The molecule has 6 nitrogen and oxygen atoms in total. The van der Waals surface area contributed by atoms with Crippen molar-refractivity contribution in [1.82, 2.24) is 10.2 Å². The van der Waals surface area contributed by atoms with E-state index in [1.54, 1.807) is 6.92 Å². The Labute approximate surface area is 248 Å². The molecule has 0 spiro atoms. The number of Topliss-reactive ketones (excluding diaryl/α,β-unsaturated/α-hetero) is 1. The van der Waals surface area contributed by atoms with Crippen LogP contribution in [0.5, 0.6) is 0 Å². The minimum Gasteiger partial charge on any atom is -0.425 e. The van der Waals surface area contributed by atoms with E-state index in [1.165, 1.54) is 6.42 Å². The van der Waals surface area contributed by atoms with Gasteiger partial charge in [0.25, 0.3) is 0 Å². The Morgan fingerprint density at radius 1 is 1.12 bits per heavy atom. The van der Waals surface area contributed by atoms with Gasteiger partial charge in [0, 0.05) is 23.7 Å². The van der Waals surface area contributed by atoms with Crippen molar-refractivity contribution in [2.45, 2.75) is 133 Å². The van der Waals surface area contributed by atoms with E-state index in [4.69, 9.17) is 4.42 Å². The van der Waals surface area contributed by atoms with Gasteiger partial charge >= 0.3 is 0 Å². The average Bonchev–Trinajstić information content (AvgIpc) is 3.33. The molecule has 0 N–H and O–H groups in total. The van der Waals surface area contributed by atoms with Crippen LogP contribution >= 0.6 is 0 Å². The molecule has 0 radical (unpaired) electrons. The summed E-state index contributed by atoms with van der Waals surface area (Å²) in [4.78, 5) is 25.7. The lowest BCUT2D eigenvalue weighted by atomic mass is 9.44. The van der Waals surface area contributed by atoms with Crippen LogP contribution in [0.3, 0.4) is 0 Å². The molecular formula is C35H53N3O3. The van der Waals surface area contributed by atoms with E-state index >= 15 is 0 Å². The number of allylic oxidation sites excluding steroid dienone is 4. The number of nitrogens with zero attached hydrogens (tertiary/aromatic N) is 3. The predicted octanol–water partition coefficient (Wildman–Crippen LogP) is 8.66. The molecule has 0 amide bonds. The van der Waals surface area contributed by atoms with Gasteiger partial charge < -0.3 is 4.42 Å². The summed E-state index contributed by atoms with van der Waals surface area (Å²) < 4.78 is 6.07. The Morgan fingerprint density at radius 3 is 2.29 bits per heavy atom. The highest BCUT2D eigenvalue weighted by molar-refractivity contribution is 6.02. The number of carbonyl (C=O) groups is 2. The highest BCUT2D eigenvalue weighted by Crippen LogP contribution is 2.65. The first-order chi connectivity index (χ1) is 18.9. The van der Waals surface area contributed by atoms with Crippen LogP contribution in [0, 0.1) is 51.8 Å². The summed E-state index contributed by atoms with van der Waals surface area (Å²) in [7, 11) is 0. The normalized spacial score (nSPS) is 29.5. The van der Waals surface area contributed by atoms with Gasteiger partial charge in [0.15, 0.2) is 11.6 Å². The molecule has 0 unspecified atom stereocenters. The number of hydrogen-bond acceptors (Lipinski definition) is 6. The van der Waals surface area contributed by atoms with E-state index in [-0.39, 0.29) is 50.6 Å². The van der Waals surface area contributed by atoms with Crippen molar-refractivity contribution in [3.8, 4) is 6.07 Å². The summed E-state index contributed by atoms with van der Waals surface area (Å²) in [6.07, 6.45) is 11.6. The Hall–Kier alpha value is -2.55. The zero-order chi connectivity index (χ0) is 31.0. The molecule has 1 heterocycles. The van der Waals surface area contributed by atoms with Gasteiger partial charge in [-0.05, 0) is 80.1 Å². The van der Waals surface area contributed by atoms with Crippen molar-refractivity contribution in [2.24, 2.45) is 33.5 Å². The summed E-state index contributed by atoms with van der Waals surface area (Å²) in [6, 6.07) is 2.16. The first kappa shape index (κ1) is 33.0. The zero-order valence-electron chi connectivity index (χ0n) is 27.5. The van der Waals surface area contributed by atoms with Crippen LogP contribution in [0.25, 0.3) is 0 Å². The smallest absolute Gasteiger partial charge is 0.222 e. The SMILES string of the molecule is CCCC(C)(C)CC[C@@](C)(CCC(C)(C)[C@]1(C)CC[C@H]2[C@H](C)C(=O)C(C#N)=C[C@]2(C)/C1=C/C(C)=O)c1nnc(C)o1. The van der Waals surface area contributed by atoms with Crippen LogP contribution < -0.4 is 0 Å². The third kappa shape index (κ3) is 6.30. The van der Waals surface area contributed by atoms with E-state index < -0.39 is 5.41 Å². The third-order valence-corrected chi connectivity index (χ3v) is 11.2. The third-order valence-electron chi connectivity index (χ3n) is 11.2. The van der Waals surface area contributed by atoms with Crippen LogP contribution in [0.1, 0.15) is 132 Å². The fraction of sp³-hybridized carbons (Fsp3) is 0.743. The Balaban J connectivity index is 2.02. The molecule has 0 bridgehead atoms. The molecular weight excluding hydrogens is 510 g/mol. The van der Waals surface area contributed by atoms with Gasteiger partial charge in [0.05, 0.1) is 5.57 Å². The molecule has 0 aliphatic heterocycles. The number of ketones is 2. The molecule has 1 aromatic heterocycles. The van der Waals surface area contributed by atoms with Gasteiger partial charge in [-0.15, -0.1) is 10.2 Å². The first-order valence-electron chi connectivity index (χ1n) is 15.6. The fourth-order valence-electron chi connectivity index (χ4n) is 7.89. The highest BCUT2D eigenvalue weighted by atomic mass is 16.4. The number of carbonyl (C=O) groups excluding carboxylic acids is 2. The Bertz CT molecular complexity index is 1260. The number of rotatable bonds is 11. The van der Waals surface area contributed by atoms with E-state index in [2.05, 4.69) is 71.7 Å². The maximum atomic E-state index is 13.0. The molecule has 2 aliphatic rings. The Morgan fingerprint density at radius 2 is 1.76 bits per heavy atom. The van der Waals surface area contributed by atoms with Crippen molar-refractivity contribution in [3.05, 3.63) is 35.1 Å². The topological polar surface area (TPSA) is 96.8 Å². The highest BCUT2D eigenvalue weighted by Gasteiger charge is 2.58. The lowest BCUT2D eigenvalue weighted by Crippen LogP contribution is -2.52. The molecule has 1 fully saturated rings. The molecule has 5 atom stereocenters. The number of nitriles is 1. The summed E-state index contributed by atoms with van der Waals surface area (Å²) >= 11 is 0. The monoisotopic (exact) mass is 563 g/mol. The molecule has 1 saturated carbocycles. The first-order valence-corrected chi connectivity index (χ1v) is 15.6. The molecule has 0 saturated heterocycles. The maximum absolute atomic E-state index is 13.0. The molecule has 0 aromatic carbocycles. The minimum atomic E-state index is -0.536. The molecule has 41 heavy (non-hydrogen) atoms. The number of aryl methyl sites for hydroxylation is 1.